The zero-order chi connectivity index (χ0) is 27.0. The van der Waals surface area contributed by atoms with Crippen LogP contribution >= 0.6 is 0 Å². The number of amides is 1. The normalized spacial score (nSPS) is 17.5. The van der Waals surface area contributed by atoms with Crippen LogP contribution in [0.1, 0.15) is 32.2 Å². The second kappa shape index (κ2) is 10.0. The van der Waals surface area contributed by atoms with E-state index in [4.69, 9.17) is 4.74 Å². The van der Waals surface area contributed by atoms with Gasteiger partial charge in [0.25, 0.3) is 0 Å². The minimum absolute atomic E-state index is 0.00669. The van der Waals surface area contributed by atoms with Crippen molar-refractivity contribution >= 4 is 27.8 Å². The monoisotopic (exact) mass is 545 g/mol. The number of nitrogens with one attached hydrogen (secondary N) is 1. The maximum absolute atomic E-state index is 12.9. The van der Waals surface area contributed by atoms with Gasteiger partial charge in [-0.3, -0.25) is 0 Å². The van der Waals surface area contributed by atoms with Gasteiger partial charge in [-0.1, -0.05) is 12.1 Å². The number of aromatic nitrogens is 3. The summed E-state index contributed by atoms with van der Waals surface area (Å²) in [5.74, 6) is 0.566. The largest absolute Gasteiger partial charge is 0.511 e. The summed E-state index contributed by atoms with van der Waals surface area (Å²) in [7, 11) is -5.41. The molecule has 1 aromatic carbocycles. The Morgan fingerprint density at radius 3 is 2.22 bits per heavy atom. The van der Waals surface area contributed by atoms with Crippen molar-refractivity contribution in [2.24, 2.45) is 0 Å². The maximum atomic E-state index is 12.9. The summed E-state index contributed by atoms with van der Waals surface area (Å²) >= 11 is 0. The second-order valence-corrected chi connectivity index (χ2v) is 11.8. The molecular weight excluding hydrogens is 515 g/mol. The lowest BCUT2D eigenvalue weighted by Gasteiger charge is -2.35. The number of halogens is 3. The van der Waals surface area contributed by atoms with Crippen molar-refractivity contribution in [2.75, 3.05) is 42.5 Å². The highest BCUT2D eigenvalue weighted by atomic mass is 32.2. The Morgan fingerprint density at radius 1 is 1.00 bits per heavy atom. The van der Waals surface area contributed by atoms with Gasteiger partial charge >= 0.3 is 21.6 Å². The Bertz CT molecular complexity index is 1220. The van der Waals surface area contributed by atoms with Crippen LogP contribution in [0, 0.1) is 0 Å². The topological polar surface area (TPSA) is 113 Å². The molecule has 37 heavy (non-hydrogen) atoms. The predicted octanol–water partition coefficient (Wildman–Crippen LogP) is 2.29. The summed E-state index contributed by atoms with van der Waals surface area (Å²) in [6.45, 7) is 7.52. The molecule has 0 aliphatic carbocycles. The lowest BCUT2D eigenvalue weighted by atomic mass is 10.1. The SMILES string of the molecule is CC(C)(C)OC(=O)NCc1ccc(N2CCN(c3nc4n(n3)CCN(S(=O)(=O)C(F)(F)F)C4)CC2)cc1. The van der Waals surface area contributed by atoms with Crippen molar-refractivity contribution in [1.29, 1.82) is 0 Å². The summed E-state index contributed by atoms with van der Waals surface area (Å²) in [5.41, 5.74) is -3.95. The zero-order valence-corrected chi connectivity index (χ0v) is 21.6. The number of rotatable bonds is 5. The summed E-state index contributed by atoms with van der Waals surface area (Å²) in [5, 5.41) is 7.11. The van der Waals surface area contributed by atoms with E-state index in [0.717, 1.165) is 11.3 Å². The Kier molecular flexibility index (Phi) is 7.29. The average Bonchev–Trinajstić information content (AvgIpc) is 3.25. The third kappa shape index (κ3) is 6.26. The number of carbonyl (C=O) groups is 1. The number of alkyl carbamates (subject to hydrolysis) is 1. The van der Waals surface area contributed by atoms with Crippen LogP contribution in [0.15, 0.2) is 24.3 Å². The van der Waals surface area contributed by atoms with Gasteiger partial charge < -0.3 is 19.9 Å². The molecule has 1 N–H and O–H groups in total. The highest BCUT2D eigenvalue weighted by Gasteiger charge is 2.50. The van der Waals surface area contributed by atoms with Crippen LogP contribution in [0.3, 0.4) is 0 Å². The van der Waals surface area contributed by atoms with Gasteiger partial charge in [0.15, 0.2) is 0 Å². The first-order valence-corrected chi connectivity index (χ1v) is 13.2. The highest BCUT2D eigenvalue weighted by Crippen LogP contribution is 2.29. The molecule has 0 spiro atoms. The van der Waals surface area contributed by atoms with Crippen LogP contribution in [0.4, 0.5) is 29.6 Å². The number of hydrogen-bond donors (Lipinski definition) is 1. The van der Waals surface area contributed by atoms with Crippen LogP contribution in [0.5, 0.6) is 0 Å². The van der Waals surface area contributed by atoms with Crippen molar-refractivity contribution in [2.45, 2.75) is 51.5 Å². The number of anilines is 2. The zero-order valence-electron chi connectivity index (χ0n) is 20.8. The molecule has 0 radical (unpaired) electrons. The van der Waals surface area contributed by atoms with E-state index in [9.17, 15) is 26.4 Å². The molecule has 3 heterocycles. The molecule has 15 heteroatoms. The van der Waals surface area contributed by atoms with Crippen molar-refractivity contribution in [1.82, 2.24) is 24.4 Å². The average molecular weight is 546 g/mol. The number of fused-ring (bicyclic) bond motifs is 1. The first-order chi connectivity index (χ1) is 17.2. The van der Waals surface area contributed by atoms with Crippen LogP contribution in [-0.2, 0) is 34.4 Å². The fourth-order valence-electron chi connectivity index (χ4n) is 4.06. The quantitative estimate of drug-likeness (QED) is 0.609. The van der Waals surface area contributed by atoms with E-state index in [1.54, 1.807) is 20.8 Å². The molecule has 2 aliphatic rings. The lowest BCUT2D eigenvalue weighted by molar-refractivity contribution is -0.0496. The molecule has 2 aromatic rings. The molecule has 0 atom stereocenters. The summed E-state index contributed by atoms with van der Waals surface area (Å²) in [6.07, 6.45) is -0.475. The van der Waals surface area contributed by atoms with Gasteiger partial charge in [0, 0.05) is 45.0 Å². The van der Waals surface area contributed by atoms with Crippen LogP contribution in [0.25, 0.3) is 0 Å². The van der Waals surface area contributed by atoms with Crippen LogP contribution < -0.4 is 15.1 Å². The van der Waals surface area contributed by atoms with E-state index >= 15 is 0 Å². The summed E-state index contributed by atoms with van der Waals surface area (Å²) in [6, 6.07) is 7.83. The van der Waals surface area contributed by atoms with E-state index in [1.165, 1.54) is 4.68 Å². The van der Waals surface area contributed by atoms with E-state index in [2.05, 4.69) is 20.3 Å². The van der Waals surface area contributed by atoms with Crippen molar-refractivity contribution in [3.05, 3.63) is 35.7 Å². The number of piperazine rings is 1. The molecular formula is C22H30F3N7O4S. The molecule has 2 aliphatic heterocycles. The number of hydrogen-bond acceptors (Lipinski definition) is 8. The van der Waals surface area contributed by atoms with Gasteiger partial charge in [0.05, 0.1) is 13.1 Å². The minimum atomic E-state index is -5.41. The van der Waals surface area contributed by atoms with Gasteiger partial charge in [-0.05, 0) is 38.5 Å². The van der Waals surface area contributed by atoms with Gasteiger partial charge in [-0.15, -0.1) is 5.10 Å². The third-order valence-corrected chi connectivity index (χ3v) is 7.52. The van der Waals surface area contributed by atoms with E-state index in [1.807, 2.05) is 29.2 Å². The molecule has 1 aromatic heterocycles. The molecule has 1 amide bonds. The van der Waals surface area contributed by atoms with E-state index in [-0.39, 0.29) is 18.9 Å². The summed E-state index contributed by atoms with van der Waals surface area (Å²) < 4.78 is 69.3. The van der Waals surface area contributed by atoms with Crippen LogP contribution in [-0.4, -0.2) is 77.4 Å². The maximum Gasteiger partial charge on any atom is 0.511 e. The van der Waals surface area contributed by atoms with E-state index in [0.29, 0.717) is 43.0 Å². The predicted molar refractivity (Wildman–Crippen MR) is 129 cm³/mol. The molecule has 0 saturated carbocycles. The highest BCUT2D eigenvalue weighted by molar-refractivity contribution is 7.89. The molecule has 1 fully saturated rings. The molecule has 0 unspecified atom stereocenters. The molecule has 4 rings (SSSR count). The Balaban J connectivity index is 1.30. The fraction of sp³-hybridized carbons (Fsp3) is 0.591. The Morgan fingerprint density at radius 2 is 1.62 bits per heavy atom. The first kappa shape index (κ1) is 27.0. The Hall–Kier alpha value is -3.07. The number of nitrogens with zero attached hydrogens (tertiary/aromatic N) is 6. The van der Waals surface area contributed by atoms with Crippen molar-refractivity contribution in [3.63, 3.8) is 0 Å². The Labute approximate surface area is 213 Å². The van der Waals surface area contributed by atoms with Gasteiger partial charge in [-0.2, -0.15) is 22.5 Å². The van der Waals surface area contributed by atoms with Gasteiger partial charge in [0.1, 0.15) is 11.4 Å². The van der Waals surface area contributed by atoms with Crippen molar-refractivity contribution in [3.8, 4) is 0 Å². The number of alkyl halides is 3. The van der Waals surface area contributed by atoms with Crippen LogP contribution in [0.2, 0.25) is 0 Å². The van der Waals surface area contributed by atoms with Gasteiger partial charge in [0.2, 0.25) is 5.95 Å². The minimum Gasteiger partial charge on any atom is -0.444 e. The number of benzene rings is 1. The molecule has 0 bridgehead atoms. The van der Waals surface area contributed by atoms with E-state index < -0.39 is 33.8 Å². The molecule has 204 valence electrons. The smallest absolute Gasteiger partial charge is 0.444 e. The molecule has 11 nitrogen and oxygen atoms in total. The number of carbonyl (C=O) groups excluding carboxylic acids is 1. The van der Waals surface area contributed by atoms with Gasteiger partial charge in [-0.25, -0.2) is 17.9 Å². The third-order valence-electron chi connectivity index (χ3n) is 5.95. The van der Waals surface area contributed by atoms with Crippen molar-refractivity contribution < 1.29 is 31.1 Å². The second-order valence-electron chi connectivity index (χ2n) is 9.83. The first-order valence-electron chi connectivity index (χ1n) is 11.8. The number of sulfonamides is 1. The standard InChI is InChI=1S/C22H30F3N7O4S/c1-21(2,3)36-20(33)26-14-16-4-6-17(7-5-16)29-8-10-30(11-9-29)19-27-18-15-31(12-13-32(18)28-19)37(34,35)22(23,24)25/h4-7H,8-15H2,1-3H3,(H,26,33). The number of ether oxygens (including phenoxy) is 1. The lowest BCUT2D eigenvalue weighted by Crippen LogP contribution is -2.47. The molecule has 1 saturated heterocycles. The fourth-order valence-corrected chi connectivity index (χ4v) is 4.96. The summed E-state index contributed by atoms with van der Waals surface area (Å²) in [4.78, 5) is 20.3.